The highest BCUT2D eigenvalue weighted by molar-refractivity contribution is 4.44. The molecule has 0 aliphatic carbocycles. The topological polar surface area (TPSA) is 35.2 Å². The van der Waals surface area contributed by atoms with E-state index in [0.29, 0.717) is 0 Å². The smallest absolute Gasteiger partial charge is 0.0466 e. The van der Waals surface area contributed by atoms with Gasteiger partial charge in [-0.1, -0.05) is 39.0 Å². The standard InChI is InChI=1S/C13H29NO/c1-2-3-4-5-6-9-12-15-13-10-7-8-11-14/h2-14H2,1H3. The predicted octanol–water partition coefficient (Wildman–Crippen LogP) is 3.49. The maximum absolute atomic E-state index is 5.55. The third-order valence-electron chi connectivity index (χ3n) is 2.64. The highest BCUT2D eigenvalue weighted by Gasteiger charge is 1.91. The van der Waals surface area contributed by atoms with Crippen molar-refractivity contribution >= 4 is 0 Å². The number of ether oxygens (including phenoxy) is 1. The molecule has 2 N–H and O–H groups in total. The first-order chi connectivity index (χ1) is 7.41. The number of unbranched alkanes of at least 4 members (excludes halogenated alkanes) is 7. The molecule has 92 valence electrons. The molecule has 0 saturated carbocycles. The van der Waals surface area contributed by atoms with E-state index in [0.717, 1.165) is 26.2 Å². The van der Waals surface area contributed by atoms with Crippen LogP contribution in [-0.4, -0.2) is 19.8 Å². The number of nitrogens with two attached hydrogens (primary N) is 1. The van der Waals surface area contributed by atoms with Crippen LogP contribution in [-0.2, 0) is 4.74 Å². The van der Waals surface area contributed by atoms with E-state index >= 15 is 0 Å². The van der Waals surface area contributed by atoms with Gasteiger partial charge in [0.2, 0.25) is 0 Å². The average Bonchev–Trinajstić information content (AvgIpc) is 2.26. The zero-order valence-electron chi connectivity index (χ0n) is 10.5. The minimum absolute atomic E-state index is 0.817. The number of hydrogen-bond donors (Lipinski definition) is 1. The molecule has 0 aromatic rings. The van der Waals surface area contributed by atoms with Gasteiger partial charge in [0.1, 0.15) is 0 Å². The van der Waals surface area contributed by atoms with Gasteiger partial charge in [-0.3, -0.25) is 0 Å². The molecular formula is C13H29NO. The van der Waals surface area contributed by atoms with E-state index < -0.39 is 0 Å². The fraction of sp³-hybridized carbons (Fsp3) is 1.00. The quantitative estimate of drug-likeness (QED) is 0.506. The van der Waals surface area contributed by atoms with Crippen molar-refractivity contribution in [1.29, 1.82) is 0 Å². The minimum atomic E-state index is 0.817. The van der Waals surface area contributed by atoms with Crippen LogP contribution in [0.15, 0.2) is 0 Å². The third kappa shape index (κ3) is 13.9. The second-order valence-electron chi connectivity index (χ2n) is 4.23. The molecule has 0 radical (unpaired) electrons. The molecule has 15 heavy (non-hydrogen) atoms. The molecule has 0 spiro atoms. The van der Waals surface area contributed by atoms with E-state index in [1.54, 1.807) is 0 Å². The Balaban J connectivity index is 2.81. The Bertz CT molecular complexity index is 94.7. The summed E-state index contributed by atoms with van der Waals surface area (Å²) in [6.07, 6.45) is 11.6. The molecule has 0 aromatic carbocycles. The Morgan fingerprint density at radius 2 is 1.27 bits per heavy atom. The highest BCUT2D eigenvalue weighted by Crippen LogP contribution is 2.05. The fourth-order valence-corrected chi connectivity index (χ4v) is 1.61. The zero-order valence-corrected chi connectivity index (χ0v) is 10.5. The number of rotatable bonds is 12. The Morgan fingerprint density at radius 1 is 0.733 bits per heavy atom. The Hall–Kier alpha value is -0.0800. The molecule has 0 atom stereocenters. The summed E-state index contributed by atoms with van der Waals surface area (Å²) in [5.74, 6) is 0. The lowest BCUT2D eigenvalue weighted by Gasteiger charge is -2.03. The van der Waals surface area contributed by atoms with Crippen LogP contribution >= 0.6 is 0 Å². The Morgan fingerprint density at radius 3 is 1.87 bits per heavy atom. The average molecular weight is 215 g/mol. The highest BCUT2D eigenvalue weighted by atomic mass is 16.5. The predicted molar refractivity (Wildman–Crippen MR) is 67.1 cm³/mol. The largest absolute Gasteiger partial charge is 0.381 e. The molecule has 0 amide bonds. The molecular weight excluding hydrogens is 186 g/mol. The van der Waals surface area contributed by atoms with Crippen molar-refractivity contribution in [2.24, 2.45) is 5.73 Å². The molecule has 0 aliphatic rings. The van der Waals surface area contributed by atoms with Gasteiger partial charge in [0.15, 0.2) is 0 Å². The Kier molecular flexibility index (Phi) is 13.8. The first-order valence-electron chi connectivity index (χ1n) is 6.69. The van der Waals surface area contributed by atoms with E-state index in [1.807, 2.05) is 0 Å². The van der Waals surface area contributed by atoms with Gasteiger partial charge in [-0.25, -0.2) is 0 Å². The van der Waals surface area contributed by atoms with Gasteiger partial charge in [-0.2, -0.15) is 0 Å². The normalized spacial score (nSPS) is 10.8. The van der Waals surface area contributed by atoms with Crippen LogP contribution < -0.4 is 5.73 Å². The molecule has 0 aliphatic heterocycles. The van der Waals surface area contributed by atoms with Crippen molar-refractivity contribution < 1.29 is 4.74 Å². The van der Waals surface area contributed by atoms with Crippen LogP contribution in [0.1, 0.15) is 64.7 Å². The molecule has 0 saturated heterocycles. The molecule has 0 heterocycles. The fourth-order valence-electron chi connectivity index (χ4n) is 1.61. The van der Waals surface area contributed by atoms with E-state index in [4.69, 9.17) is 10.5 Å². The van der Waals surface area contributed by atoms with Crippen molar-refractivity contribution in [3.8, 4) is 0 Å². The third-order valence-corrected chi connectivity index (χ3v) is 2.64. The second kappa shape index (κ2) is 13.9. The lowest BCUT2D eigenvalue weighted by Crippen LogP contribution is -2.01. The van der Waals surface area contributed by atoms with Gasteiger partial charge in [0, 0.05) is 13.2 Å². The summed E-state index contributed by atoms with van der Waals surface area (Å²) in [4.78, 5) is 0. The SMILES string of the molecule is CCCCCCCCOCCCCCN. The van der Waals surface area contributed by atoms with Crippen LogP contribution in [0.3, 0.4) is 0 Å². The van der Waals surface area contributed by atoms with E-state index in [1.165, 1.54) is 51.4 Å². The van der Waals surface area contributed by atoms with E-state index in [-0.39, 0.29) is 0 Å². The monoisotopic (exact) mass is 215 g/mol. The van der Waals surface area contributed by atoms with Crippen LogP contribution in [0.5, 0.6) is 0 Å². The second-order valence-corrected chi connectivity index (χ2v) is 4.23. The van der Waals surface area contributed by atoms with Gasteiger partial charge in [0.25, 0.3) is 0 Å². The first-order valence-corrected chi connectivity index (χ1v) is 6.69. The van der Waals surface area contributed by atoms with Crippen molar-refractivity contribution in [2.45, 2.75) is 64.7 Å². The molecule has 2 heteroatoms. The summed E-state index contributed by atoms with van der Waals surface area (Å²) in [6.45, 7) is 4.95. The molecule has 0 unspecified atom stereocenters. The van der Waals surface area contributed by atoms with E-state index in [2.05, 4.69) is 6.92 Å². The van der Waals surface area contributed by atoms with Crippen LogP contribution in [0.4, 0.5) is 0 Å². The van der Waals surface area contributed by atoms with Crippen molar-refractivity contribution in [1.82, 2.24) is 0 Å². The summed E-state index contributed by atoms with van der Waals surface area (Å²) in [7, 11) is 0. The maximum atomic E-state index is 5.55. The lowest BCUT2D eigenvalue weighted by molar-refractivity contribution is 0.126. The van der Waals surface area contributed by atoms with Gasteiger partial charge >= 0.3 is 0 Å². The lowest BCUT2D eigenvalue weighted by atomic mass is 10.1. The van der Waals surface area contributed by atoms with Crippen LogP contribution in [0, 0.1) is 0 Å². The van der Waals surface area contributed by atoms with Crippen LogP contribution in [0.25, 0.3) is 0 Å². The molecule has 0 bridgehead atoms. The molecule has 2 nitrogen and oxygen atoms in total. The van der Waals surface area contributed by atoms with Gasteiger partial charge < -0.3 is 10.5 Å². The summed E-state index contributed by atoms with van der Waals surface area (Å²) < 4.78 is 5.55. The zero-order chi connectivity index (χ0) is 11.2. The summed E-state index contributed by atoms with van der Waals surface area (Å²) in [6, 6.07) is 0. The summed E-state index contributed by atoms with van der Waals surface area (Å²) in [5, 5.41) is 0. The van der Waals surface area contributed by atoms with Crippen molar-refractivity contribution in [3.05, 3.63) is 0 Å². The first kappa shape index (κ1) is 14.9. The Labute approximate surface area is 95.6 Å². The van der Waals surface area contributed by atoms with Gasteiger partial charge in [-0.05, 0) is 32.2 Å². The van der Waals surface area contributed by atoms with Crippen molar-refractivity contribution in [3.63, 3.8) is 0 Å². The minimum Gasteiger partial charge on any atom is -0.381 e. The van der Waals surface area contributed by atoms with Gasteiger partial charge in [0.05, 0.1) is 0 Å². The molecule has 0 fully saturated rings. The summed E-state index contributed by atoms with van der Waals surface area (Å²) >= 11 is 0. The maximum Gasteiger partial charge on any atom is 0.0466 e. The molecule has 0 rings (SSSR count). The van der Waals surface area contributed by atoms with E-state index in [9.17, 15) is 0 Å². The van der Waals surface area contributed by atoms with Crippen LogP contribution in [0.2, 0.25) is 0 Å². The van der Waals surface area contributed by atoms with Gasteiger partial charge in [-0.15, -0.1) is 0 Å². The number of hydrogen-bond acceptors (Lipinski definition) is 2. The van der Waals surface area contributed by atoms with Crippen molar-refractivity contribution in [2.75, 3.05) is 19.8 Å². The molecule has 0 aromatic heterocycles. The summed E-state index contributed by atoms with van der Waals surface area (Å²) in [5.41, 5.74) is 5.41.